The van der Waals surface area contributed by atoms with E-state index < -0.39 is 29.5 Å². The highest BCUT2D eigenvalue weighted by Gasteiger charge is 2.21. The van der Waals surface area contributed by atoms with E-state index in [2.05, 4.69) is 10.6 Å². The predicted molar refractivity (Wildman–Crippen MR) is 108 cm³/mol. The molecule has 0 heterocycles. The summed E-state index contributed by atoms with van der Waals surface area (Å²) >= 11 is 6.08. The number of anilines is 1. The number of hydrogen-bond acceptors (Lipinski definition) is 2. The lowest BCUT2D eigenvalue weighted by atomic mass is 10.0. The Balaban J connectivity index is 1.79. The van der Waals surface area contributed by atoms with Crippen LogP contribution in [0.2, 0.25) is 5.02 Å². The van der Waals surface area contributed by atoms with E-state index in [1.54, 1.807) is 54.6 Å². The molecular weight excluding hydrogens is 398 g/mol. The largest absolute Gasteiger partial charge is 0.345 e. The zero-order valence-corrected chi connectivity index (χ0v) is 15.9. The molecule has 0 aliphatic heterocycles. The molecule has 7 heteroatoms. The Kier molecular flexibility index (Phi) is 6.57. The van der Waals surface area contributed by atoms with Crippen LogP contribution in [0.25, 0.3) is 0 Å². The average Bonchev–Trinajstić information content (AvgIpc) is 2.71. The fourth-order valence-electron chi connectivity index (χ4n) is 2.80. The Morgan fingerprint density at radius 2 is 1.62 bits per heavy atom. The zero-order chi connectivity index (χ0) is 20.8. The van der Waals surface area contributed by atoms with Gasteiger partial charge in [0.25, 0.3) is 5.91 Å². The molecule has 4 nitrogen and oxygen atoms in total. The van der Waals surface area contributed by atoms with Gasteiger partial charge in [-0.1, -0.05) is 54.1 Å². The number of amides is 2. The molecule has 29 heavy (non-hydrogen) atoms. The molecule has 0 bridgehead atoms. The molecule has 0 aromatic heterocycles. The number of carbonyl (C=O) groups is 2. The van der Waals surface area contributed by atoms with Gasteiger partial charge in [0.1, 0.15) is 11.6 Å². The minimum Gasteiger partial charge on any atom is -0.345 e. The molecule has 3 aromatic carbocycles. The zero-order valence-electron chi connectivity index (χ0n) is 15.2. The van der Waals surface area contributed by atoms with Crippen molar-refractivity contribution in [3.63, 3.8) is 0 Å². The topological polar surface area (TPSA) is 58.2 Å². The van der Waals surface area contributed by atoms with Crippen molar-refractivity contribution in [1.29, 1.82) is 0 Å². The van der Waals surface area contributed by atoms with E-state index in [-0.39, 0.29) is 22.7 Å². The first-order valence-corrected chi connectivity index (χ1v) is 9.17. The number of nitrogens with one attached hydrogen (secondary N) is 2. The summed E-state index contributed by atoms with van der Waals surface area (Å²) in [6.07, 6.45) is -0.184. The molecule has 1 atom stereocenters. The number of rotatable bonds is 6. The number of halogens is 3. The molecular formula is C22H17ClF2N2O2. The maximum absolute atomic E-state index is 13.8. The fraction of sp³-hybridized carbons (Fsp3) is 0.0909. The monoisotopic (exact) mass is 414 g/mol. The average molecular weight is 415 g/mol. The molecule has 0 fully saturated rings. The van der Waals surface area contributed by atoms with Crippen LogP contribution in [0.15, 0.2) is 72.8 Å². The predicted octanol–water partition coefficient (Wildman–Crippen LogP) is 5.12. The standard InChI is InChI=1S/C22H17ClF2N2O2/c23-17-9-5-4-8-16(17)22(29)27-19(14-6-2-1-3-7-14)13-21(28)26-20-12-15(24)10-11-18(20)25/h1-12,19H,13H2,(H,26,28)(H,27,29)/t19-/m0/s1. The first kappa shape index (κ1) is 20.5. The van der Waals surface area contributed by atoms with Crippen LogP contribution in [0, 0.1) is 11.6 Å². The van der Waals surface area contributed by atoms with Crippen molar-refractivity contribution in [2.75, 3.05) is 5.32 Å². The molecule has 0 spiro atoms. The summed E-state index contributed by atoms with van der Waals surface area (Å²) in [5, 5.41) is 5.41. The van der Waals surface area contributed by atoms with Crippen LogP contribution in [0.3, 0.4) is 0 Å². The second kappa shape index (κ2) is 9.30. The SMILES string of the molecule is O=C(C[C@H](NC(=O)c1ccccc1Cl)c1ccccc1)Nc1cc(F)ccc1F. The maximum atomic E-state index is 13.8. The Bertz CT molecular complexity index is 1030. The summed E-state index contributed by atoms with van der Waals surface area (Å²) in [7, 11) is 0. The Hall–Kier alpha value is -3.25. The van der Waals surface area contributed by atoms with E-state index in [0.29, 0.717) is 5.56 Å². The molecule has 0 saturated carbocycles. The Labute approximate surface area is 171 Å². The van der Waals surface area contributed by atoms with E-state index in [9.17, 15) is 18.4 Å². The van der Waals surface area contributed by atoms with Gasteiger partial charge in [0.2, 0.25) is 5.91 Å². The molecule has 0 unspecified atom stereocenters. The third-order valence-electron chi connectivity index (χ3n) is 4.22. The molecule has 0 aliphatic rings. The van der Waals surface area contributed by atoms with Crippen molar-refractivity contribution in [1.82, 2.24) is 5.32 Å². The molecule has 148 valence electrons. The van der Waals surface area contributed by atoms with Gasteiger partial charge in [-0.25, -0.2) is 8.78 Å². The highest BCUT2D eigenvalue weighted by Crippen LogP contribution is 2.22. The van der Waals surface area contributed by atoms with Crippen LogP contribution in [0.4, 0.5) is 14.5 Å². The molecule has 2 amide bonds. The number of hydrogen-bond donors (Lipinski definition) is 2. The second-order valence-corrected chi connectivity index (χ2v) is 6.70. The van der Waals surface area contributed by atoms with E-state index in [4.69, 9.17) is 11.6 Å². The van der Waals surface area contributed by atoms with Crippen LogP contribution in [0.1, 0.15) is 28.4 Å². The van der Waals surface area contributed by atoms with E-state index in [1.165, 1.54) is 0 Å². The van der Waals surface area contributed by atoms with Crippen molar-refractivity contribution in [2.24, 2.45) is 0 Å². The van der Waals surface area contributed by atoms with E-state index in [0.717, 1.165) is 18.2 Å². The first-order valence-electron chi connectivity index (χ1n) is 8.79. The quantitative estimate of drug-likeness (QED) is 0.588. The fourth-order valence-corrected chi connectivity index (χ4v) is 3.02. The second-order valence-electron chi connectivity index (χ2n) is 6.29. The first-order chi connectivity index (χ1) is 13.9. The number of carbonyl (C=O) groups excluding carboxylic acids is 2. The lowest BCUT2D eigenvalue weighted by Crippen LogP contribution is -2.31. The highest BCUT2D eigenvalue weighted by atomic mass is 35.5. The summed E-state index contributed by atoms with van der Waals surface area (Å²) in [5.74, 6) is -2.46. The third-order valence-corrected chi connectivity index (χ3v) is 4.55. The molecule has 3 aromatic rings. The molecule has 0 aliphatic carbocycles. The molecule has 0 radical (unpaired) electrons. The van der Waals surface area contributed by atoms with Crippen LogP contribution in [-0.4, -0.2) is 11.8 Å². The molecule has 0 saturated heterocycles. The van der Waals surface area contributed by atoms with Gasteiger partial charge in [-0.05, 0) is 29.8 Å². The van der Waals surface area contributed by atoms with Gasteiger partial charge in [0.15, 0.2) is 0 Å². The van der Waals surface area contributed by atoms with Gasteiger partial charge in [-0.3, -0.25) is 9.59 Å². The minimum absolute atomic E-state index is 0.184. The van der Waals surface area contributed by atoms with Gasteiger partial charge in [0, 0.05) is 6.07 Å². The molecule has 2 N–H and O–H groups in total. The summed E-state index contributed by atoms with van der Waals surface area (Å²) in [6, 6.07) is 17.5. The van der Waals surface area contributed by atoms with Gasteiger partial charge in [-0.15, -0.1) is 0 Å². The Morgan fingerprint density at radius 1 is 0.931 bits per heavy atom. The summed E-state index contributed by atoms with van der Waals surface area (Å²) in [6.45, 7) is 0. The maximum Gasteiger partial charge on any atom is 0.253 e. The van der Waals surface area contributed by atoms with Gasteiger partial charge >= 0.3 is 0 Å². The van der Waals surface area contributed by atoms with Crippen LogP contribution in [0.5, 0.6) is 0 Å². The Morgan fingerprint density at radius 3 is 2.34 bits per heavy atom. The minimum atomic E-state index is -0.754. The van der Waals surface area contributed by atoms with Crippen molar-refractivity contribution in [3.8, 4) is 0 Å². The van der Waals surface area contributed by atoms with Crippen molar-refractivity contribution >= 4 is 29.1 Å². The van der Waals surface area contributed by atoms with Crippen molar-refractivity contribution < 1.29 is 18.4 Å². The van der Waals surface area contributed by atoms with E-state index in [1.807, 2.05) is 0 Å². The smallest absolute Gasteiger partial charge is 0.253 e. The van der Waals surface area contributed by atoms with Crippen LogP contribution >= 0.6 is 11.6 Å². The summed E-state index contributed by atoms with van der Waals surface area (Å²) in [4.78, 5) is 25.1. The highest BCUT2D eigenvalue weighted by molar-refractivity contribution is 6.33. The van der Waals surface area contributed by atoms with Crippen molar-refractivity contribution in [2.45, 2.75) is 12.5 Å². The van der Waals surface area contributed by atoms with E-state index >= 15 is 0 Å². The summed E-state index contributed by atoms with van der Waals surface area (Å²) < 4.78 is 27.1. The van der Waals surface area contributed by atoms with Crippen LogP contribution in [-0.2, 0) is 4.79 Å². The third kappa shape index (κ3) is 5.39. The number of benzene rings is 3. The molecule has 3 rings (SSSR count). The summed E-state index contributed by atoms with van der Waals surface area (Å²) in [5.41, 5.74) is 0.689. The lowest BCUT2D eigenvalue weighted by molar-refractivity contribution is -0.116. The van der Waals surface area contributed by atoms with Gasteiger partial charge in [-0.2, -0.15) is 0 Å². The lowest BCUT2D eigenvalue weighted by Gasteiger charge is -2.19. The normalized spacial score (nSPS) is 11.6. The van der Waals surface area contributed by atoms with Crippen LogP contribution < -0.4 is 10.6 Å². The van der Waals surface area contributed by atoms with Gasteiger partial charge in [0.05, 0.1) is 28.7 Å². The van der Waals surface area contributed by atoms with Crippen molar-refractivity contribution in [3.05, 3.63) is 101 Å². The van der Waals surface area contributed by atoms with Gasteiger partial charge < -0.3 is 10.6 Å².